The highest BCUT2D eigenvalue weighted by Crippen LogP contribution is 2.12. The zero-order valence-electron chi connectivity index (χ0n) is 13.3. The van der Waals surface area contributed by atoms with Crippen LogP contribution in [0.25, 0.3) is 0 Å². The minimum Gasteiger partial charge on any atom is -0.356 e. The molecule has 1 aromatic heterocycles. The molecule has 5 nitrogen and oxygen atoms in total. The van der Waals surface area contributed by atoms with E-state index in [1.807, 2.05) is 41.8 Å². The minimum atomic E-state index is -0.212. The summed E-state index contributed by atoms with van der Waals surface area (Å²) in [5.74, 6) is -0.356. The van der Waals surface area contributed by atoms with E-state index in [-0.39, 0.29) is 43.4 Å². The van der Waals surface area contributed by atoms with Crippen molar-refractivity contribution < 1.29 is 14.4 Å². The molecular weight excluding hydrogens is 324 g/mol. The third-order valence-electron chi connectivity index (χ3n) is 3.38. The van der Waals surface area contributed by atoms with Gasteiger partial charge >= 0.3 is 0 Å². The van der Waals surface area contributed by atoms with Crippen LogP contribution in [-0.4, -0.2) is 24.1 Å². The zero-order valence-corrected chi connectivity index (χ0v) is 14.1. The molecule has 2 N–H and O–H groups in total. The Kier molecular flexibility index (Phi) is 7.17. The molecular formula is C18H20N2O3S. The molecule has 0 saturated heterocycles. The van der Waals surface area contributed by atoms with Gasteiger partial charge in [0, 0.05) is 32.4 Å². The summed E-state index contributed by atoms with van der Waals surface area (Å²) >= 11 is 1.37. The quantitative estimate of drug-likeness (QED) is 0.687. The highest BCUT2D eigenvalue weighted by Gasteiger charge is 2.10. The van der Waals surface area contributed by atoms with E-state index in [0.29, 0.717) is 11.4 Å². The van der Waals surface area contributed by atoms with Gasteiger partial charge in [0.05, 0.1) is 4.88 Å². The Labute approximate surface area is 145 Å². The van der Waals surface area contributed by atoms with Crippen LogP contribution in [0, 0.1) is 0 Å². The third-order valence-corrected chi connectivity index (χ3v) is 4.29. The number of rotatable bonds is 9. The van der Waals surface area contributed by atoms with Gasteiger partial charge in [0.25, 0.3) is 0 Å². The first-order valence-corrected chi connectivity index (χ1v) is 8.67. The number of benzene rings is 1. The Hall–Kier alpha value is -2.47. The standard InChI is InChI=1S/C18H20N2O3S/c21-15(16-7-4-12-24-16)8-9-17(22)19-11-10-18(23)20-13-14-5-2-1-3-6-14/h1-7,12H,8-11,13H2,(H,19,22)(H,20,23). The van der Waals surface area contributed by atoms with Crippen molar-refractivity contribution in [1.29, 1.82) is 0 Å². The summed E-state index contributed by atoms with van der Waals surface area (Å²) in [6, 6.07) is 13.2. The Morgan fingerprint density at radius 2 is 1.58 bits per heavy atom. The highest BCUT2D eigenvalue weighted by molar-refractivity contribution is 7.12. The average molecular weight is 344 g/mol. The van der Waals surface area contributed by atoms with Gasteiger partial charge in [-0.25, -0.2) is 0 Å². The maximum absolute atomic E-state index is 11.8. The predicted octanol–water partition coefficient (Wildman–Crippen LogP) is 2.53. The minimum absolute atomic E-state index is 0.0271. The van der Waals surface area contributed by atoms with Crippen molar-refractivity contribution in [2.24, 2.45) is 0 Å². The summed E-state index contributed by atoms with van der Waals surface area (Å²) in [6.07, 6.45) is 0.548. The zero-order chi connectivity index (χ0) is 17.2. The molecule has 0 aliphatic rings. The van der Waals surface area contributed by atoms with Crippen LogP contribution >= 0.6 is 11.3 Å². The first-order chi connectivity index (χ1) is 11.6. The van der Waals surface area contributed by atoms with Crippen LogP contribution in [0.5, 0.6) is 0 Å². The van der Waals surface area contributed by atoms with Crippen molar-refractivity contribution in [3.63, 3.8) is 0 Å². The van der Waals surface area contributed by atoms with Gasteiger partial charge in [0.1, 0.15) is 0 Å². The topological polar surface area (TPSA) is 75.3 Å². The lowest BCUT2D eigenvalue weighted by atomic mass is 10.2. The number of ketones is 1. The van der Waals surface area contributed by atoms with E-state index in [1.54, 1.807) is 6.07 Å². The van der Waals surface area contributed by atoms with Crippen molar-refractivity contribution in [1.82, 2.24) is 10.6 Å². The first-order valence-electron chi connectivity index (χ1n) is 7.79. The van der Waals surface area contributed by atoms with Gasteiger partial charge in [-0.3, -0.25) is 14.4 Å². The molecule has 0 radical (unpaired) electrons. The number of hydrogen-bond acceptors (Lipinski definition) is 4. The van der Waals surface area contributed by atoms with Gasteiger partial charge in [-0.15, -0.1) is 11.3 Å². The number of carbonyl (C=O) groups excluding carboxylic acids is 3. The summed E-state index contributed by atoms with van der Waals surface area (Å²) in [5.41, 5.74) is 1.03. The summed E-state index contributed by atoms with van der Waals surface area (Å²) in [5, 5.41) is 7.30. The van der Waals surface area contributed by atoms with Crippen molar-refractivity contribution in [2.75, 3.05) is 6.54 Å². The Balaban J connectivity index is 1.57. The lowest BCUT2D eigenvalue weighted by molar-refractivity contribution is -0.122. The van der Waals surface area contributed by atoms with Crippen molar-refractivity contribution in [3.05, 3.63) is 58.3 Å². The fourth-order valence-electron chi connectivity index (χ4n) is 2.08. The van der Waals surface area contributed by atoms with Gasteiger partial charge in [-0.05, 0) is 17.0 Å². The maximum atomic E-state index is 11.8. The van der Waals surface area contributed by atoms with Crippen LogP contribution < -0.4 is 10.6 Å². The van der Waals surface area contributed by atoms with Crippen LogP contribution in [0.3, 0.4) is 0 Å². The average Bonchev–Trinajstić information content (AvgIpc) is 3.13. The van der Waals surface area contributed by atoms with Crippen LogP contribution in [0.4, 0.5) is 0 Å². The molecule has 126 valence electrons. The fraction of sp³-hybridized carbons (Fsp3) is 0.278. The second-order valence-electron chi connectivity index (χ2n) is 5.26. The molecule has 1 heterocycles. The monoisotopic (exact) mass is 344 g/mol. The van der Waals surface area contributed by atoms with Gasteiger partial charge in [0.2, 0.25) is 11.8 Å². The fourth-order valence-corrected chi connectivity index (χ4v) is 2.77. The Morgan fingerprint density at radius 3 is 2.29 bits per heavy atom. The second kappa shape index (κ2) is 9.62. The second-order valence-corrected chi connectivity index (χ2v) is 6.21. The molecule has 6 heteroatoms. The van der Waals surface area contributed by atoms with Gasteiger partial charge in [-0.1, -0.05) is 36.4 Å². The van der Waals surface area contributed by atoms with Gasteiger partial charge in [-0.2, -0.15) is 0 Å². The summed E-state index contributed by atoms with van der Waals surface area (Å²) in [7, 11) is 0. The molecule has 2 rings (SSSR count). The van der Waals surface area contributed by atoms with E-state index in [9.17, 15) is 14.4 Å². The highest BCUT2D eigenvalue weighted by atomic mass is 32.1. The molecule has 0 atom stereocenters. The Morgan fingerprint density at radius 1 is 0.833 bits per heavy atom. The predicted molar refractivity (Wildman–Crippen MR) is 93.8 cm³/mol. The molecule has 0 unspecified atom stereocenters. The number of hydrogen-bond donors (Lipinski definition) is 2. The maximum Gasteiger partial charge on any atom is 0.222 e. The van der Waals surface area contributed by atoms with Crippen LogP contribution in [0.1, 0.15) is 34.5 Å². The largest absolute Gasteiger partial charge is 0.356 e. The molecule has 0 fully saturated rings. The smallest absolute Gasteiger partial charge is 0.222 e. The normalized spacial score (nSPS) is 10.2. The van der Waals surface area contributed by atoms with E-state index in [4.69, 9.17) is 0 Å². The van der Waals surface area contributed by atoms with Crippen LogP contribution in [0.2, 0.25) is 0 Å². The summed E-state index contributed by atoms with van der Waals surface area (Å²) in [4.78, 5) is 35.8. The molecule has 0 saturated carbocycles. The van der Waals surface area contributed by atoms with E-state index in [1.165, 1.54) is 11.3 Å². The number of thiophene rings is 1. The summed E-state index contributed by atoms with van der Waals surface area (Å²) < 4.78 is 0. The molecule has 0 bridgehead atoms. The summed E-state index contributed by atoms with van der Waals surface area (Å²) in [6.45, 7) is 0.746. The molecule has 0 spiro atoms. The van der Waals surface area contributed by atoms with Gasteiger partial charge < -0.3 is 10.6 Å². The number of Topliss-reactive ketones (excluding diaryl/α,β-unsaturated/α-hetero) is 1. The van der Waals surface area contributed by atoms with Crippen molar-refractivity contribution >= 4 is 28.9 Å². The van der Waals surface area contributed by atoms with Crippen molar-refractivity contribution in [3.8, 4) is 0 Å². The first kappa shape index (κ1) is 17.9. The number of amides is 2. The third kappa shape index (κ3) is 6.34. The Bertz CT molecular complexity index is 669. The van der Waals surface area contributed by atoms with Gasteiger partial charge in [0.15, 0.2) is 5.78 Å². The van der Waals surface area contributed by atoms with E-state index >= 15 is 0 Å². The SMILES string of the molecule is O=C(CCC(=O)c1cccs1)NCCC(=O)NCc1ccccc1. The van der Waals surface area contributed by atoms with E-state index in [0.717, 1.165) is 5.56 Å². The van der Waals surface area contributed by atoms with Crippen LogP contribution in [-0.2, 0) is 16.1 Å². The lowest BCUT2D eigenvalue weighted by Gasteiger charge is -2.06. The molecule has 24 heavy (non-hydrogen) atoms. The molecule has 0 aliphatic carbocycles. The van der Waals surface area contributed by atoms with E-state index < -0.39 is 0 Å². The molecule has 2 aromatic rings. The lowest BCUT2D eigenvalue weighted by Crippen LogP contribution is -2.30. The molecule has 2 amide bonds. The van der Waals surface area contributed by atoms with Crippen LogP contribution in [0.15, 0.2) is 47.8 Å². The molecule has 1 aromatic carbocycles. The number of carbonyl (C=O) groups is 3. The van der Waals surface area contributed by atoms with E-state index in [2.05, 4.69) is 10.6 Å². The van der Waals surface area contributed by atoms with Crippen molar-refractivity contribution in [2.45, 2.75) is 25.8 Å². The molecule has 0 aliphatic heterocycles. The number of nitrogens with one attached hydrogen (secondary N) is 2.